The lowest BCUT2D eigenvalue weighted by Gasteiger charge is -2.37. The summed E-state index contributed by atoms with van der Waals surface area (Å²) in [5.74, 6) is 0.291. The number of unbranched alkanes of at least 4 members (excludes halogenated alkanes) is 8. The van der Waals surface area contributed by atoms with Crippen LogP contribution in [-0.4, -0.2) is 0 Å². The summed E-state index contributed by atoms with van der Waals surface area (Å²) < 4.78 is 0. The number of rotatable bonds is 23. The minimum Gasteiger partial charge on any atom is -0.0879 e. The first kappa shape index (κ1) is 36.2. The molecule has 0 fully saturated rings. The molecule has 2 atom stereocenters. The molecule has 0 aliphatic carbocycles. The van der Waals surface area contributed by atoms with Gasteiger partial charge < -0.3 is 0 Å². The molecule has 0 aromatic heterocycles. The highest BCUT2D eigenvalue weighted by molar-refractivity contribution is 5.47. The molecular weight excluding hydrogens is 456 g/mol. The van der Waals surface area contributed by atoms with Crippen molar-refractivity contribution in [3.63, 3.8) is 0 Å². The SMILES string of the molecule is CCCC=CC(CC)=C(C=CCCC)C(C=CCCC)(C=CCCCC)C(C=CCCC)C=CCCCC. The molecular formula is C38H64. The van der Waals surface area contributed by atoms with E-state index in [-0.39, 0.29) is 5.41 Å². The van der Waals surface area contributed by atoms with Gasteiger partial charge in [-0.15, -0.1) is 0 Å². The zero-order valence-electron chi connectivity index (χ0n) is 26.6. The molecule has 2 unspecified atom stereocenters. The second kappa shape index (κ2) is 25.5. The van der Waals surface area contributed by atoms with Crippen LogP contribution < -0.4 is 0 Å². The Hall–Kier alpha value is -1.82. The van der Waals surface area contributed by atoms with Gasteiger partial charge in [-0.3, -0.25) is 0 Å². The van der Waals surface area contributed by atoms with Crippen molar-refractivity contribution in [2.45, 2.75) is 145 Å². The lowest BCUT2D eigenvalue weighted by molar-refractivity contribution is 0.492. The Morgan fingerprint density at radius 3 is 1.47 bits per heavy atom. The number of hydrogen-bond acceptors (Lipinski definition) is 0. The van der Waals surface area contributed by atoms with Crippen molar-refractivity contribution in [1.29, 1.82) is 0 Å². The average Bonchev–Trinajstić information content (AvgIpc) is 2.93. The van der Waals surface area contributed by atoms with E-state index in [2.05, 4.69) is 121 Å². The highest BCUT2D eigenvalue weighted by Gasteiger charge is 2.35. The summed E-state index contributed by atoms with van der Waals surface area (Å²) in [6, 6.07) is 0. The summed E-state index contributed by atoms with van der Waals surface area (Å²) in [7, 11) is 0. The van der Waals surface area contributed by atoms with Crippen molar-refractivity contribution >= 4 is 0 Å². The van der Waals surface area contributed by atoms with Crippen LogP contribution in [0.4, 0.5) is 0 Å². The van der Waals surface area contributed by atoms with Gasteiger partial charge in [-0.05, 0) is 56.1 Å². The number of allylic oxidation sites excluding steroid dienone is 14. The van der Waals surface area contributed by atoms with E-state index >= 15 is 0 Å². The van der Waals surface area contributed by atoms with Gasteiger partial charge in [-0.2, -0.15) is 0 Å². The van der Waals surface area contributed by atoms with E-state index in [0.29, 0.717) is 5.92 Å². The Labute approximate surface area is 239 Å². The predicted octanol–water partition coefficient (Wildman–Crippen LogP) is 13.2. The topological polar surface area (TPSA) is 0 Å². The number of hydrogen-bond donors (Lipinski definition) is 0. The minimum absolute atomic E-state index is 0.192. The summed E-state index contributed by atoms with van der Waals surface area (Å²) in [5.41, 5.74) is 2.76. The maximum absolute atomic E-state index is 2.58. The fourth-order valence-corrected chi connectivity index (χ4v) is 4.73. The highest BCUT2D eigenvalue weighted by Crippen LogP contribution is 2.45. The van der Waals surface area contributed by atoms with Gasteiger partial charge >= 0.3 is 0 Å². The maximum Gasteiger partial charge on any atom is 0.0412 e. The first-order chi connectivity index (χ1) is 18.6. The van der Waals surface area contributed by atoms with Crippen LogP contribution in [0.2, 0.25) is 0 Å². The third-order valence-electron chi connectivity index (χ3n) is 7.09. The van der Waals surface area contributed by atoms with E-state index in [0.717, 1.165) is 44.9 Å². The van der Waals surface area contributed by atoms with E-state index in [1.165, 1.54) is 62.5 Å². The molecule has 0 aromatic carbocycles. The van der Waals surface area contributed by atoms with Crippen LogP contribution in [0.1, 0.15) is 145 Å². The van der Waals surface area contributed by atoms with Crippen molar-refractivity contribution in [3.05, 3.63) is 84.1 Å². The largest absolute Gasteiger partial charge is 0.0879 e. The predicted molar refractivity (Wildman–Crippen MR) is 177 cm³/mol. The molecule has 216 valence electrons. The molecule has 0 spiro atoms. The molecule has 0 radical (unpaired) electrons. The molecule has 0 heterocycles. The van der Waals surface area contributed by atoms with Gasteiger partial charge in [0.2, 0.25) is 0 Å². The molecule has 0 bridgehead atoms. The summed E-state index contributed by atoms with van der Waals surface area (Å²) in [6.45, 7) is 16.0. The van der Waals surface area contributed by atoms with Gasteiger partial charge in [-0.1, -0.05) is 173 Å². The van der Waals surface area contributed by atoms with Gasteiger partial charge in [0.05, 0.1) is 0 Å². The molecule has 0 aliphatic rings. The first-order valence-electron chi connectivity index (χ1n) is 16.4. The van der Waals surface area contributed by atoms with Crippen LogP contribution in [0, 0.1) is 11.3 Å². The Balaban J connectivity index is 7.46. The van der Waals surface area contributed by atoms with E-state index in [4.69, 9.17) is 0 Å². The third-order valence-corrected chi connectivity index (χ3v) is 7.09. The van der Waals surface area contributed by atoms with E-state index in [1.54, 1.807) is 0 Å². The molecule has 0 saturated heterocycles. The van der Waals surface area contributed by atoms with Gasteiger partial charge in [0.15, 0.2) is 0 Å². The van der Waals surface area contributed by atoms with Crippen LogP contribution in [-0.2, 0) is 0 Å². The molecule has 0 heteroatoms. The lowest BCUT2D eigenvalue weighted by atomic mass is 9.66. The zero-order chi connectivity index (χ0) is 28.3. The Bertz CT molecular complexity index is 751. The van der Waals surface area contributed by atoms with Crippen LogP contribution in [0.25, 0.3) is 0 Å². The highest BCUT2D eigenvalue weighted by atomic mass is 14.4. The smallest absolute Gasteiger partial charge is 0.0412 e. The molecule has 0 amide bonds. The fourth-order valence-electron chi connectivity index (χ4n) is 4.73. The van der Waals surface area contributed by atoms with Crippen LogP contribution in [0.3, 0.4) is 0 Å². The quantitative estimate of drug-likeness (QED) is 0.0713. The van der Waals surface area contributed by atoms with Gasteiger partial charge in [0, 0.05) is 11.3 Å². The standard InChI is InChI=1S/C38H64/c1-8-15-21-26-31-36(30-24-18-11-4)38(33-27-20-13-6,34-28-22-16-9-2)37(32-25-19-12-5)35(14-7)29-23-17-10-3/h23-34,36H,8-22H2,1-7H3. The van der Waals surface area contributed by atoms with Gasteiger partial charge in [-0.25, -0.2) is 0 Å². The molecule has 0 nitrogen and oxygen atoms in total. The van der Waals surface area contributed by atoms with Crippen molar-refractivity contribution in [2.75, 3.05) is 0 Å². The second-order valence-electron chi connectivity index (χ2n) is 10.7. The molecule has 0 rings (SSSR count). The fraction of sp³-hybridized carbons (Fsp3) is 0.632. The summed E-state index contributed by atoms with van der Waals surface area (Å²) in [5, 5.41) is 0. The van der Waals surface area contributed by atoms with Gasteiger partial charge in [0.25, 0.3) is 0 Å². The lowest BCUT2D eigenvalue weighted by Crippen LogP contribution is -2.27. The molecule has 0 N–H and O–H groups in total. The normalized spacial score (nSPS) is 16.2. The molecule has 0 aromatic rings. The van der Waals surface area contributed by atoms with Crippen LogP contribution in [0.5, 0.6) is 0 Å². The summed E-state index contributed by atoms with van der Waals surface area (Å²) in [4.78, 5) is 0. The molecule has 0 aliphatic heterocycles. The van der Waals surface area contributed by atoms with Crippen molar-refractivity contribution in [2.24, 2.45) is 11.3 Å². The third kappa shape index (κ3) is 14.9. The average molecular weight is 521 g/mol. The van der Waals surface area contributed by atoms with E-state index < -0.39 is 0 Å². The van der Waals surface area contributed by atoms with Crippen LogP contribution in [0.15, 0.2) is 84.1 Å². The van der Waals surface area contributed by atoms with E-state index in [1.807, 2.05) is 0 Å². The van der Waals surface area contributed by atoms with Crippen molar-refractivity contribution in [3.8, 4) is 0 Å². The molecule has 38 heavy (non-hydrogen) atoms. The monoisotopic (exact) mass is 521 g/mol. The zero-order valence-corrected chi connectivity index (χ0v) is 26.6. The Morgan fingerprint density at radius 2 is 0.947 bits per heavy atom. The second-order valence-corrected chi connectivity index (χ2v) is 10.7. The maximum atomic E-state index is 2.58. The van der Waals surface area contributed by atoms with Gasteiger partial charge in [0.1, 0.15) is 0 Å². The van der Waals surface area contributed by atoms with Crippen LogP contribution >= 0.6 is 0 Å². The summed E-state index contributed by atoms with van der Waals surface area (Å²) in [6.07, 6.45) is 47.3. The molecule has 0 saturated carbocycles. The Morgan fingerprint density at radius 1 is 0.500 bits per heavy atom. The van der Waals surface area contributed by atoms with Crippen molar-refractivity contribution in [1.82, 2.24) is 0 Å². The summed E-state index contributed by atoms with van der Waals surface area (Å²) >= 11 is 0. The Kier molecular flexibility index (Phi) is 24.2. The van der Waals surface area contributed by atoms with E-state index in [9.17, 15) is 0 Å². The van der Waals surface area contributed by atoms with Crippen molar-refractivity contribution < 1.29 is 0 Å². The first-order valence-corrected chi connectivity index (χ1v) is 16.4. The minimum atomic E-state index is -0.192.